The molecule has 1 rings (SSSR count). The highest BCUT2D eigenvalue weighted by molar-refractivity contribution is 7.91. The molecule has 1 atom stereocenters. The molecule has 0 radical (unpaired) electrons. The smallest absolute Gasteiger partial charge is 0.169 e. The molecule has 0 fully saturated rings. The summed E-state index contributed by atoms with van der Waals surface area (Å²) in [7, 11) is -2.06. The predicted octanol–water partition coefficient (Wildman–Crippen LogP) is 1.49. The summed E-state index contributed by atoms with van der Waals surface area (Å²) in [6, 6.07) is 4.47. The fourth-order valence-electron chi connectivity index (χ4n) is 1.60. The Hall–Kier alpha value is -1.14. The first kappa shape index (κ1) is 14.9. The highest BCUT2D eigenvalue weighted by Gasteiger charge is 2.23. The van der Waals surface area contributed by atoms with Crippen LogP contribution in [0.3, 0.4) is 0 Å². The SMILES string of the molecule is COc1cccc(CS(=O)(=O)C(C)CCN)c1F. The van der Waals surface area contributed by atoms with E-state index in [1.54, 1.807) is 13.0 Å². The summed E-state index contributed by atoms with van der Waals surface area (Å²) < 4.78 is 42.6. The minimum absolute atomic E-state index is 0.0502. The van der Waals surface area contributed by atoms with Crippen molar-refractivity contribution in [2.75, 3.05) is 13.7 Å². The summed E-state index contributed by atoms with van der Waals surface area (Å²) in [5.41, 5.74) is 5.46. The van der Waals surface area contributed by atoms with E-state index in [0.717, 1.165) is 0 Å². The molecule has 0 spiro atoms. The van der Waals surface area contributed by atoms with E-state index in [9.17, 15) is 12.8 Å². The van der Waals surface area contributed by atoms with E-state index in [1.165, 1.54) is 19.2 Å². The lowest BCUT2D eigenvalue weighted by molar-refractivity contribution is 0.385. The third-order valence-corrected chi connectivity index (χ3v) is 4.98. The van der Waals surface area contributed by atoms with Crippen molar-refractivity contribution < 1.29 is 17.5 Å². The maximum absolute atomic E-state index is 13.8. The fourth-order valence-corrected chi connectivity index (χ4v) is 3.03. The first-order valence-electron chi connectivity index (χ1n) is 5.65. The van der Waals surface area contributed by atoms with Gasteiger partial charge in [0.05, 0.1) is 18.1 Å². The van der Waals surface area contributed by atoms with Gasteiger partial charge in [0.15, 0.2) is 21.4 Å². The summed E-state index contributed by atoms with van der Waals surface area (Å²) in [5, 5.41) is -0.576. The van der Waals surface area contributed by atoms with Crippen molar-refractivity contribution in [3.8, 4) is 5.75 Å². The van der Waals surface area contributed by atoms with Gasteiger partial charge in [0.2, 0.25) is 0 Å². The topological polar surface area (TPSA) is 69.4 Å². The summed E-state index contributed by atoms with van der Waals surface area (Å²) in [5.74, 6) is -0.908. The van der Waals surface area contributed by atoms with Crippen molar-refractivity contribution in [2.24, 2.45) is 5.73 Å². The number of hydrogen-bond donors (Lipinski definition) is 1. The number of nitrogens with two attached hydrogens (primary N) is 1. The number of ether oxygens (including phenoxy) is 1. The third kappa shape index (κ3) is 3.43. The van der Waals surface area contributed by atoms with Gasteiger partial charge < -0.3 is 10.5 Å². The maximum Gasteiger partial charge on any atom is 0.169 e. The lowest BCUT2D eigenvalue weighted by atomic mass is 10.2. The van der Waals surface area contributed by atoms with Gasteiger partial charge in [0, 0.05) is 5.56 Å². The van der Waals surface area contributed by atoms with Crippen LogP contribution in [0.5, 0.6) is 5.75 Å². The van der Waals surface area contributed by atoms with E-state index in [-0.39, 0.29) is 17.1 Å². The molecule has 0 bridgehead atoms. The first-order valence-corrected chi connectivity index (χ1v) is 7.37. The number of sulfone groups is 1. The van der Waals surface area contributed by atoms with Gasteiger partial charge in [-0.15, -0.1) is 0 Å². The Bertz CT molecular complexity index is 502. The van der Waals surface area contributed by atoms with Gasteiger partial charge in [-0.25, -0.2) is 12.8 Å². The normalized spacial score (nSPS) is 13.3. The second-order valence-electron chi connectivity index (χ2n) is 4.13. The van der Waals surface area contributed by atoms with Crippen LogP contribution in [0.2, 0.25) is 0 Å². The summed E-state index contributed by atoms with van der Waals surface area (Å²) in [6.07, 6.45) is 0.369. The van der Waals surface area contributed by atoms with Crippen LogP contribution in [-0.2, 0) is 15.6 Å². The minimum Gasteiger partial charge on any atom is -0.494 e. The zero-order valence-corrected chi connectivity index (χ0v) is 11.3. The second-order valence-corrected chi connectivity index (χ2v) is 6.55. The number of methoxy groups -OCH3 is 1. The van der Waals surface area contributed by atoms with Crippen molar-refractivity contribution >= 4 is 9.84 Å². The van der Waals surface area contributed by atoms with Crippen molar-refractivity contribution in [3.05, 3.63) is 29.6 Å². The standard InChI is InChI=1S/C12H18FNO3S/c1-9(6-7-14)18(15,16)8-10-4-3-5-11(17-2)12(10)13/h3-5,9H,6-8,14H2,1-2H3. The zero-order valence-electron chi connectivity index (χ0n) is 10.5. The molecule has 0 saturated carbocycles. The fraction of sp³-hybridized carbons (Fsp3) is 0.500. The van der Waals surface area contributed by atoms with Gasteiger partial charge >= 0.3 is 0 Å². The van der Waals surface area contributed by atoms with E-state index >= 15 is 0 Å². The van der Waals surface area contributed by atoms with E-state index in [4.69, 9.17) is 10.5 Å². The van der Waals surface area contributed by atoms with Crippen LogP contribution in [-0.4, -0.2) is 27.3 Å². The molecule has 0 saturated heterocycles. The molecular weight excluding hydrogens is 257 g/mol. The first-order chi connectivity index (χ1) is 8.42. The van der Waals surface area contributed by atoms with Gasteiger partial charge in [-0.05, 0) is 26.0 Å². The monoisotopic (exact) mass is 275 g/mol. The van der Waals surface area contributed by atoms with Gasteiger partial charge in [0.1, 0.15) is 0 Å². The van der Waals surface area contributed by atoms with Crippen molar-refractivity contribution in [1.29, 1.82) is 0 Å². The van der Waals surface area contributed by atoms with E-state index in [2.05, 4.69) is 0 Å². The Morgan fingerprint density at radius 1 is 1.44 bits per heavy atom. The largest absolute Gasteiger partial charge is 0.494 e. The molecule has 0 aliphatic heterocycles. The molecule has 0 aliphatic carbocycles. The summed E-state index contributed by atoms with van der Waals surface area (Å²) in [4.78, 5) is 0. The lowest BCUT2D eigenvalue weighted by Gasteiger charge is -2.13. The molecule has 0 aromatic heterocycles. The Morgan fingerprint density at radius 3 is 2.67 bits per heavy atom. The Balaban J connectivity index is 2.98. The van der Waals surface area contributed by atoms with Crippen LogP contribution in [0.4, 0.5) is 4.39 Å². The van der Waals surface area contributed by atoms with Gasteiger partial charge in [-0.3, -0.25) is 0 Å². The van der Waals surface area contributed by atoms with Gasteiger partial charge in [0.25, 0.3) is 0 Å². The minimum atomic E-state index is -3.40. The molecule has 18 heavy (non-hydrogen) atoms. The highest BCUT2D eigenvalue weighted by Crippen LogP contribution is 2.23. The van der Waals surface area contributed by atoms with E-state index in [0.29, 0.717) is 13.0 Å². The summed E-state index contributed by atoms with van der Waals surface area (Å²) >= 11 is 0. The molecular formula is C12H18FNO3S. The average molecular weight is 275 g/mol. The van der Waals surface area contributed by atoms with Crippen molar-refractivity contribution in [1.82, 2.24) is 0 Å². The Labute approximate surface area is 107 Å². The van der Waals surface area contributed by atoms with Crippen LogP contribution in [0.15, 0.2) is 18.2 Å². The number of halogens is 1. The molecule has 6 heteroatoms. The molecule has 102 valence electrons. The highest BCUT2D eigenvalue weighted by atomic mass is 32.2. The maximum atomic E-state index is 13.8. The third-order valence-electron chi connectivity index (χ3n) is 2.81. The summed E-state index contributed by atoms with van der Waals surface area (Å²) in [6.45, 7) is 1.88. The number of benzene rings is 1. The molecule has 1 unspecified atom stereocenters. The van der Waals surface area contributed by atoms with Gasteiger partial charge in [-0.2, -0.15) is 0 Å². The van der Waals surface area contributed by atoms with Crippen molar-refractivity contribution in [2.45, 2.75) is 24.3 Å². The molecule has 1 aromatic rings. The average Bonchev–Trinajstić information content (AvgIpc) is 2.32. The molecule has 0 aliphatic rings. The van der Waals surface area contributed by atoms with Crippen LogP contribution < -0.4 is 10.5 Å². The molecule has 4 nitrogen and oxygen atoms in total. The van der Waals surface area contributed by atoms with E-state index < -0.39 is 20.9 Å². The molecule has 1 aromatic carbocycles. The molecule has 0 heterocycles. The Kier molecular flexibility index (Phi) is 5.10. The molecule has 0 amide bonds. The van der Waals surface area contributed by atoms with E-state index in [1.807, 2.05) is 0 Å². The molecule has 2 N–H and O–H groups in total. The van der Waals surface area contributed by atoms with Crippen LogP contribution in [0.1, 0.15) is 18.9 Å². The Morgan fingerprint density at radius 2 is 2.11 bits per heavy atom. The number of rotatable bonds is 6. The lowest BCUT2D eigenvalue weighted by Crippen LogP contribution is -2.23. The zero-order chi connectivity index (χ0) is 13.8. The van der Waals surface area contributed by atoms with Gasteiger partial charge in [-0.1, -0.05) is 12.1 Å². The quantitative estimate of drug-likeness (QED) is 0.854. The predicted molar refractivity (Wildman–Crippen MR) is 68.7 cm³/mol. The van der Waals surface area contributed by atoms with Crippen molar-refractivity contribution in [3.63, 3.8) is 0 Å². The van der Waals surface area contributed by atoms with Crippen LogP contribution in [0, 0.1) is 5.82 Å². The van der Waals surface area contributed by atoms with Crippen LogP contribution in [0.25, 0.3) is 0 Å². The van der Waals surface area contributed by atoms with Crippen LogP contribution >= 0.6 is 0 Å². The number of hydrogen-bond acceptors (Lipinski definition) is 4. The second kappa shape index (κ2) is 6.15.